The first-order valence-electron chi connectivity index (χ1n) is 6.21. The van der Waals surface area contributed by atoms with Crippen LogP contribution in [0.3, 0.4) is 0 Å². The van der Waals surface area contributed by atoms with Crippen LogP contribution in [0.5, 0.6) is 0 Å². The molecule has 0 aromatic rings. The van der Waals surface area contributed by atoms with Crippen molar-refractivity contribution < 1.29 is 9.53 Å². The topological polar surface area (TPSA) is 38.3 Å². The number of ether oxygens (including phenoxy) is 1. The zero-order chi connectivity index (χ0) is 10.5. The van der Waals surface area contributed by atoms with Crippen LogP contribution in [0, 0.1) is 11.8 Å². The van der Waals surface area contributed by atoms with E-state index in [0.717, 1.165) is 24.8 Å². The van der Waals surface area contributed by atoms with Crippen LogP contribution in [-0.2, 0) is 9.53 Å². The zero-order valence-corrected chi connectivity index (χ0v) is 9.34. The average molecular weight is 211 g/mol. The van der Waals surface area contributed by atoms with Crippen molar-refractivity contribution in [2.45, 2.75) is 38.5 Å². The molecule has 2 saturated carbocycles. The summed E-state index contributed by atoms with van der Waals surface area (Å²) in [5.41, 5.74) is 0. The lowest BCUT2D eigenvalue weighted by Gasteiger charge is -2.24. The van der Waals surface area contributed by atoms with Crippen LogP contribution in [-0.4, -0.2) is 25.7 Å². The fraction of sp³-hybridized carbons (Fsp3) is 0.917. The van der Waals surface area contributed by atoms with Gasteiger partial charge in [-0.3, -0.25) is 4.79 Å². The Balaban J connectivity index is 1.41. The highest BCUT2D eigenvalue weighted by Crippen LogP contribution is 2.29. The number of rotatable bonds is 7. The standard InChI is InChI=1S/C12H21NO2/c14-12(9-13-8-11-4-5-11)15-7-6-10-2-1-3-10/h10-11,13H,1-9H2. The largest absolute Gasteiger partial charge is 0.465 e. The molecule has 0 saturated heterocycles. The van der Waals surface area contributed by atoms with E-state index in [0.29, 0.717) is 13.2 Å². The number of hydrogen-bond donors (Lipinski definition) is 1. The molecular weight excluding hydrogens is 190 g/mol. The van der Waals surface area contributed by atoms with Gasteiger partial charge in [-0.2, -0.15) is 0 Å². The van der Waals surface area contributed by atoms with E-state index in [4.69, 9.17) is 4.74 Å². The van der Waals surface area contributed by atoms with Crippen molar-refractivity contribution >= 4 is 5.97 Å². The van der Waals surface area contributed by atoms with Crippen molar-refractivity contribution in [2.75, 3.05) is 19.7 Å². The molecule has 0 spiro atoms. The number of hydrogen-bond acceptors (Lipinski definition) is 3. The number of esters is 1. The summed E-state index contributed by atoms with van der Waals surface area (Å²) in [5.74, 6) is 1.57. The van der Waals surface area contributed by atoms with Gasteiger partial charge in [0.1, 0.15) is 0 Å². The lowest BCUT2D eigenvalue weighted by Crippen LogP contribution is -2.27. The highest BCUT2D eigenvalue weighted by molar-refractivity contribution is 5.71. The van der Waals surface area contributed by atoms with E-state index in [2.05, 4.69) is 5.32 Å². The third-order valence-corrected chi connectivity index (χ3v) is 3.41. The van der Waals surface area contributed by atoms with Crippen LogP contribution in [0.1, 0.15) is 38.5 Å². The van der Waals surface area contributed by atoms with Crippen LogP contribution < -0.4 is 5.32 Å². The predicted molar refractivity (Wildman–Crippen MR) is 58.5 cm³/mol. The first-order valence-corrected chi connectivity index (χ1v) is 6.21. The maximum atomic E-state index is 11.2. The van der Waals surface area contributed by atoms with Crippen molar-refractivity contribution in [3.05, 3.63) is 0 Å². The maximum Gasteiger partial charge on any atom is 0.319 e. The second-order valence-electron chi connectivity index (χ2n) is 4.88. The molecule has 0 bridgehead atoms. The Labute approximate surface area is 91.6 Å². The smallest absolute Gasteiger partial charge is 0.319 e. The molecule has 1 N–H and O–H groups in total. The second kappa shape index (κ2) is 5.50. The van der Waals surface area contributed by atoms with Crippen LogP contribution in [0.4, 0.5) is 0 Å². The van der Waals surface area contributed by atoms with Crippen molar-refractivity contribution in [2.24, 2.45) is 11.8 Å². The van der Waals surface area contributed by atoms with E-state index in [1.165, 1.54) is 32.1 Å². The third kappa shape index (κ3) is 4.20. The van der Waals surface area contributed by atoms with Gasteiger partial charge < -0.3 is 10.1 Å². The van der Waals surface area contributed by atoms with Gasteiger partial charge >= 0.3 is 5.97 Å². The Morgan fingerprint density at radius 1 is 1.20 bits per heavy atom. The van der Waals surface area contributed by atoms with Crippen LogP contribution in [0.25, 0.3) is 0 Å². The molecule has 3 nitrogen and oxygen atoms in total. The fourth-order valence-corrected chi connectivity index (χ4v) is 1.87. The number of carbonyl (C=O) groups is 1. The molecule has 0 amide bonds. The Bertz CT molecular complexity index is 210. The fourth-order valence-electron chi connectivity index (χ4n) is 1.87. The van der Waals surface area contributed by atoms with Crippen molar-refractivity contribution in [3.8, 4) is 0 Å². The molecular formula is C12H21NO2. The summed E-state index contributed by atoms with van der Waals surface area (Å²) in [5, 5.41) is 3.14. The predicted octanol–water partition coefficient (Wildman–Crippen LogP) is 1.72. The minimum Gasteiger partial charge on any atom is -0.465 e. The van der Waals surface area contributed by atoms with Crippen molar-refractivity contribution in [1.29, 1.82) is 0 Å². The molecule has 86 valence electrons. The lowest BCUT2D eigenvalue weighted by atomic mass is 9.83. The van der Waals surface area contributed by atoms with E-state index in [9.17, 15) is 4.79 Å². The molecule has 2 fully saturated rings. The van der Waals surface area contributed by atoms with Gasteiger partial charge in [0.05, 0.1) is 13.2 Å². The van der Waals surface area contributed by atoms with Crippen LogP contribution in [0.15, 0.2) is 0 Å². The van der Waals surface area contributed by atoms with E-state index in [1.807, 2.05) is 0 Å². The summed E-state index contributed by atoms with van der Waals surface area (Å²) in [6.07, 6.45) is 7.73. The molecule has 0 unspecified atom stereocenters. The Hall–Kier alpha value is -0.570. The molecule has 2 aliphatic rings. The maximum absolute atomic E-state index is 11.2. The zero-order valence-electron chi connectivity index (χ0n) is 9.34. The summed E-state index contributed by atoms with van der Waals surface area (Å²) < 4.78 is 5.15. The second-order valence-corrected chi connectivity index (χ2v) is 4.88. The molecule has 0 atom stereocenters. The van der Waals surface area contributed by atoms with Gasteiger partial charge in [-0.15, -0.1) is 0 Å². The molecule has 0 aromatic carbocycles. The van der Waals surface area contributed by atoms with Crippen LogP contribution in [0.2, 0.25) is 0 Å². The van der Waals surface area contributed by atoms with Crippen molar-refractivity contribution in [3.63, 3.8) is 0 Å². The summed E-state index contributed by atoms with van der Waals surface area (Å²) in [6, 6.07) is 0. The Morgan fingerprint density at radius 3 is 2.60 bits per heavy atom. The molecule has 2 rings (SSSR count). The highest BCUT2D eigenvalue weighted by atomic mass is 16.5. The highest BCUT2D eigenvalue weighted by Gasteiger charge is 2.21. The monoisotopic (exact) mass is 211 g/mol. The van der Waals surface area contributed by atoms with Gasteiger partial charge in [-0.25, -0.2) is 0 Å². The average Bonchev–Trinajstić information content (AvgIpc) is 2.93. The summed E-state index contributed by atoms with van der Waals surface area (Å²) in [7, 11) is 0. The molecule has 15 heavy (non-hydrogen) atoms. The third-order valence-electron chi connectivity index (χ3n) is 3.41. The first-order chi connectivity index (χ1) is 7.34. The number of nitrogens with one attached hydrogen (secondary N) is 1. The summed E-state index contributed by atoms with van der Waals surface area (Å²) in [4.78, 5) is 11.2. The molecule has 0 aromatic heterocycles. The van der Waals surface area contributed by atoms with Gasteiger partial charge in [0.15, 0.2) is 0 Å². The minimum atomic E-state index is -0.0880. The van der Waals surface area contributed by atoms with E-state index in [1.54, 1.807) is 0 Å². The first kappa shape index (κ1) is 10.9. The van der Waals surface area contributed by atoms with E-state index < -0.39 is 0 Å². The van der Waals surface area contributed by atoms with Gasteiger partial charge in [-0.1, -0.05) is 19.3 Å². The summed E-state index contributed by atoms with van der Waals surface area (Å²) >= 11 is 0. The summed E-state index contributed by atoms with van der Waals surface area (Å²) in [6.45, 7) is 1.99. The Morgan fingerprint density at radius 2 is 2.00 bits per heavy atom. The van der Waals surface area contributed by atoms with Gasteiger partial charge in [0, 0.05) is 0 Å². The van der Waals surface area contributed by atoms with E-state index in [-0.39, 0.29) is 5.97 Å². The minimum absolute atomic E-state index is 0.0880. The van der Waals surface area contributed by atoms with Gasteiger partial charge in [0.2, 0.25) is 0 Å². The molecule has 0 aliphatic heterocycles. The molecule has 3 heteroatoms. The lowest BCUT2D eigenvalue weighted by molar-refractivity contribution is -0.143. The molecule has 0 radical (unpaired) electrons. The molecule has 2 aliphatic carbocycles. The van der Waals surface area contributed by atoms with Crippen LogP contribution >= 0.6 is 0 Å². The SMILES string of the molecule is O=C(CNCC1CC1)OCCC1CCC1. The number of carbonyl (C=O) groups excluding carboxylic acids is 1. The van der Waals surface area contributed by atoms with Crippen molar-refractivity contribution in [1.82, 2.24) is 5.32 Å². The quantitative estimate of drug-likeness (QED) is 0.652. The van der Waals surface area contributed by atoms with E-state index >= 15 is 0 Å². The molecule has 0 heterocycles. The normalized spacial score (nSPS) is 21.1. The van der Waals surface area contributed by atoms with Gasteiger partial charge in [0.25, 0.3) is 0 Å². The Kier molecular flexibility index (Phi) is 4.01. The van der Waals surface area contributed by atoms with Gasteiger partial charge in [-0.05, 0) is 37.6 Å².